The van der Waals surface area contributed by atoms with Gasteiger partial charge < -0.3 is 4.90 Å². The number of anilines is 1. The van der Waals surface area contributed by atoms with Gasteiger partial charge in [0.1, 0.15) is 5.82 Å². The third kappa shape index (κ3) is 3.17. The van der Waals surface area contributed by atoms with Crippen molar-refractivity contribution in [1.82, 2.24) is 0 Å². The highest BCUT2D eigenvalue weighted by Crippen LogP contribution is 2.29. The largest absolute Gasteiger partial charge is 0.369 e. The average Bonchev–Trinajstić information content (AvgIpc) is 2.46. The van der Waals surface area contributed by atoms with Gasteiger partial charge in [-0.25, -0.2) is 4.39 Å². The Balaban J connectivity index is 2.19. The molecule has 1 aromatic rings. The van der Waals surface area contributed by atoms with Crippen molar-refractivity contribution < 1.29 is 4.39 Å². The molecule has 0 bridgehead atoms. The molecular formula is C17H24FN. The van der Waals surface area contributed by atoms with Crippen LogP contribution < -0.4 is 4.90 Å². The number of hydrogen-bond acceptors (Lipinski definition) is 1. The molecule has 2 heteroatoms. The van der Waals surface area contributed by atoms with E-state index in [0.29, 0.717) is 5.92 Å². The first kappa shape index (κ1) is 14.1. The van der Waals surface area contributed by atoms with E-state index in [2.05, 4.69) is 25.3 Å². The fraction of sp³-hybridized carbons (Fsp3) is 0.529. The Bertz CT molecular complexity index is 447. The van der Waals surface area contributed by atoms with Gasteiger partial charge in [-0.1, -0.05) is 26.5 Å². The molecule has 0 aromatic heterocycles. The molecule has 1 aromatic carbocycles. The van der Waals surface area contributed by atoms with E-state index in [1.54, 1.807) is 6.07 Å². The fourth-order valence-electron chi connectivity index (χ4n) is 2.63. The Hall–Kier alpha value is -1.31. The van der Waals surface area contributed by atoms with Crippen molar-refractivity contribution in [2.24, 2.45) is 5.92 Å². The summed E-state index contributed by atoms with van der Waals surface area (Å²) in [7, 11) is 0. The predicted octanol–water partition coefficient (Wildman–Crippen LogP) is 4.88. The van der Waals surface area contributed by atoms with E-state index < -0.39 is 0 Å². The van der Waals surface area contributed by atoms with E-state index in [1.165, 1.54) is 19.3 Å². The molecule has 1 saturated heterocycles. The maximum absolute atomic E-state index is 14.3. The minimum Gasteiger partial charge on any atom is -0.369 e. The molecule has 1 aliphatic rings. The van der Waals surface area contributed by atoms with Crippen LogP contribution >= 0.6 is 0 Å². The van der Waals surface area contributed by atoms with Crippen LogP contribution in [0.5, 0.6) is 0 Å². The zero-order chi connectivity index (χ0) is 13.8. The Kier molecular flexibility index (Phi) is 4.62. The van der Waals surface area contributed by atoms with Crippen LogP contribution in [0, 0.1) is 11.7 Å². The van der Waals surface area contributed by atoms with Gasteiger partial charge in [-0.05, 0) is 54.9 Å². The zero-order valence-electron chi connectivity index (χ0n) is 12.1. The van der Waals surface area contributed by atoms with E-state index >= 15 is 0 Å². The van der Waals surface area contributed by atoms with Crippen LogP contribution in [-0.2, 0) is 0 Å². The summed E-state index contributed by atoms with van der Waals surface area (Å²) in [4.78, 5) is 2.16. The molecule has 0 spiro atoms. The summed E-state index contributed by atoms with van der Waals surface area (Å²) in [5, 5.41) is 0. The van der Waals surface area contributed by atoms with Crippen LogP contribution in [0.1, 0.15) is 45.1 Å². The average molecular weight is 261 g/mol. The molecule has 2 rings (SSSR count). The molecule has 1 aliphatic heterocycles. The Morgan fingerprint density at radius 1 is 1.32 bits per heavy atom. The maximum atomic E-state index is 14.3. The summed E-state index contributed by atoms with van der Waals surface area (Å²) >= 11 is 0. The quantitative estimate of drug-likeness (QED) is 0.747. The number of rotatable bonds is 4. The van der Waals surface area contributed by atoms with Crippen molar-refractivity contribution in [3.63, 3.8) is 0 Å². The van der Waals surface area contributed by atoms with Gasteiger partial charge in [-0.2, -0.15) is 0 Å². The molecule has 0 amide bonds. The molecule has 104 valence electrons. The second-order valence-corrected chi connectivity index (χ2v) is 5.55. The first-order valence-corrected chi connectivity index (χ1v) is 7.37. The summed E-state index contributed by atoms with van der Waals surface area (Å²) in [6.45, 7) is 10.3. The monoisotopic (exact) mass is 261 g/mol. The lowest BCUT2D eigenvalue weighted by Crippen LogP contribution is -2.30. The van der Waals surface area contributed by atoms with E-state index in [9.17, 15) is 4.39 Å². The lowest BCUT2D eigenvalue weighted by atomic mass is 9.93. The van der Waals surface area contributed by atoms with Gasteiger partial charge in [0, 0.05) is 13.1 Å². The van der Waals surface area contributed by atoms with Crippen LogP contribution in [0.25, 0.3) is 5.57 Å². The fourth-order valence-corrected chi connectivity index (χ4v) is 2.63. The third-order valence-electron chi connectivity index (χ3n) is 4.22. The first-order chi connectivity index (χ1) is 9.13. The number of nitrogens with zero attached hydrogens (tertiary/aromatic N) is 1. The van der Waals surface area contributed by atoms with Crippen molar-refractivity contribution in [3.8, 4) is 0 Å². The van der Waals surface area contributed by atoms with Crippen molar-refractivity contribution in [3.05, 3.63) is 36.2 Å². The van der Waals surface area contributed by atoms with Gasteiger partial charge >= 0.3 is 0 Å². The first-order valence-electron chi connectivity index (χ1n) is 7.37. The van der Waals surface area contributed by atoms with Crippen LogP contribution in [0.4, 0.5) is 10.1 Å². The topological polar surface area (TPSA) is 3.24 Å². The van der Waals surface area contributed by atoms with E-state index in [4.69, 9.17) is 0 Å². The van der Waals surface area contributed by atoms with Crippen LogP contribution in [0.3, 0.4) is 0 Å². The molecule has 1 atom stereocenters. The molecule has 19 heavy (non-hydrogen) atoms. The molecule has 0 aliphatic carbocycles. The smallest absolute Gasteiger partial charge is 0.147 e. The zero-order valence-corrected chi connectivity index (χ0v) is 12.1. The summed E-state index contributed by atoms with van der Waals surface area (Å²) in [5.41, 5.74) is 2.72. The van der Waals surface area contributed by atoms with Gasteiger partial charge in [0.05, 0.1) is 5.69 Å². The highest BCUT2D eigenvalue weighted by Gasteiger charge is 2.16. The lowest BCUT2D eigenvalue weighted by Gasteiger charge is -2.29. The second kappa shape index (κ2) is 6.23. The highest BCUT2D eigenvalue weighted by molar-refractivity contribution is 5.67. The second-order valence-electron chi connectivity index (χ2n) is 5.55. The summed E-state index contributed by atoms with van der Waals surface area (Å²) < 4.78 is 14.3. The minimum atomic E-state index is -0.108. The van der Waals surface area contributed by atoms with Crippen LogP contribution in [0.15, 0.2) is 24.8 Å². The molecule has 1 unspecified atom stereocenters. The van der Waals surface area contributed by atoms with Gasteiger partial charge in [0.15, 0.2) is 0 Å². The van der Waals surface area contributed by atoms with Crippen molar-refractivity contribution in [2.45, 2.75) is 39.5 Å². The maximum Gasteiger partial charge on any atom is 0.147 e. The number of hydrogen-bond donors (Lipinski definition) is 0. The number of halogens is 1. The Morgan fingerprint density at radius 2 is 2.00 bits per heavy atom. The number of allylic oxidation sites excluding steroid dienone is 1. The standard InChI is InChI=1S/C17H24FN/c1-4-13(2)14(3)15-8-9-17(16(18)12-15)19-10-6-5-7-11-19/h8-9,12-13H,3-7,10-11H2,1-2H3. The minimum absolute atomic E-state index is 0.108. The number of benzene rings is 1. The van der Waals surface area contributed by atoms with Gasteiger partial charge in [0.25, 0.3) is 0 Å². The van der Waals surface area contributed by atoms with Crippen molar-refractivity contribution >= 4 is 11.3 Å². The molecule has 1 fully saturated rings. The molecular weight excluding hydrogens is 237 g/mol. The van der Waals surface area contributed by atoms with Crippen LogP contribution in [0.2, 0.25) is 0 Å². The van der Waals surface area contributed by atoms with Crippen LogP contribution in [-0.4, -0.2) is 13.1 Å². The molecule has 1 nitrogen and oxygen atoms in total. The van der Waals surface area contributed by atoms with E-state index in [0.717, 1.165) is 36.3 Å². The highest BCUT2D eigenvalue weighted by atomic mass is 19.1. The third-order valence-corrected chi connectivity index (χ3v) is 4.22. The van der Waals surface area contributed by atoms with Gasteiger partial charge in [0.2, 0.25) is 0 Å². The predicted molar refractivity (Wildman–Crippen MR) is 81.0 cm³/mol. The van der Waals surface area contributed by atoms with Crippen molar-refractivity contribution in [2.75, 3.05) is 18.0 Å². The van der Waals surface area contributed by atoms with Crippen molar-refractivity contribution in [1.29, 1.82) is 0 Å². The molecule has 0 radical (unpaired) electrons. The molecule has 1 heterocycles. The van der Waals surface area contributed by atoms with E-state index in [1.807, 2.05) is 12.1 Å². The Labute approximate surface area is 116 Å². The summed E-state index contributed by atoms with van der Waals surface area (Å²) in [6, 6.07) is 5.59. The van der Waals surface area contributed by atoms with Gasteiger partial charge in [-0.15, -0.1) is 0 Å². The number of piperidine rings is 1. The summed E-state index contributed by atoms with van der Waals surface area (Å²) in [6.07, 6.45) is 4.64. The Morgan fingerprint density at radius 3 is 2.58 bits per heavy atom. The SMILES string of the molecule is C=C(c1ccc(N2CCCCC2)c(F)c1)C(C)CC. The van der Waals surface area contributed by atoms with Gasteiger partial charge in [-0.3, -0.25) is 0 Å². The summed E-state index contributed by atoms with van der Waals surface area (Å²) in [5.74, 6) is 0.295. The normalized spacial score (nSPS) is 17.3. The lowest BCUT2D eigenvalue weighted by molar-refractivity contribution is 0.556. The molecule has 0 saturated carbocycles. The van der Waals surface area contributed by atoms with E-state index in [-0.39, 0.29) is 5.82 Å². The molecule has 0 N–H and O–H groups in total.